The second-order valence-corrected chi connectivity index (χ2v) is 14.2. The molecule has 0 amide bonds. The Hall–Kier alpha value is -2.57. The summed E-state index contributed by atoms with van der Waals surface area (Å²) in [5.74, 6) is -3.50. The SMILES string of the molecule is CCCS(=O)(=O)CCCS(=O)(=O)Nc1ccc(F)c(Oc2c(C(C)(C)C)cc(N)c(C(=O)O)c2C)c1Cl. The summed E-state index contributed by atoms with van der Waals surface area (Å²) in [7, 11) is -7.38. The Labute approximate surface area is 222 Å². The second-order valence-electron chi connectivity index (χ2n) is 9.66. The van der Waals surface area contributed by atoms with Crippen LogP contribution in [0.1, 0.15) is 62.0 Å². The van der Waals surface area contributed by atoms with Crippen LogP contribution in [-0.2, 0) is 25.3 Å². The van der Waals surface area contributed by atoms with Crippen molar-refractivity contribution in [2.24, 2.45) is 0 Å². The van der Waals surface area contributed by atoms with Crippen molar-refractivity contribution < 1.29 is 35.9 Å². The van der Waals surface area contributed by atoms with Crippen LogP contribution in [0.15, 0.2) is 18.2 Å². The number of ether oxygens (including phenoxy) is 1. The minimum Gasteiger partial charge on any atom is -0.478 e. The first-order valence-electron chi connectivity index (χ1n) is 11.4. The van der Waals surface area contributed by atoms with E-state index in [1.807, 2.05) is 20.8 Å². The predicted molar refractivity (Wildman–Crippen MR) is 144 cm³/mol. The molecule has 2 rings (SSSR count). The summed E-state index contributed by atoms with van der Waals surface area (Å²) in [6, 6.07) is 3.50. The number of sulfone groups is 1. The highest BCUT2D eigenvalue weighted by Gasteiger charge is 2.28. The number of anilines is 2. The van der Waals surface area contributed by atoms with Gasteiger partial charge in [0.2, 0.25) is 10.0 Å². The molecule has 206 valence electrons. The molecule has 0 heterocycles. The summed E-state index contributed by atoms with van der Waals surface area (Å²) < 4.78 is 71.8. The van der Waals surface area contributed by atoms with Gasteiger partial charge in [-0.1, -0.05) is 39.3 Å². The van der Waals surface area contributed by atoms with Crippen LogP contribution in [0.3, 0.4) is 0 Å². The van der Waals surface area contributed by atoms with Crippen LogP contribution in [0.5, 0.6) is 11.5 Å². The number of nitrogen functional groups attached to an aromatic ring is 1. The molecule has 9 nitrogen and oxygen atoms in total. The highest BCUT2D eigenvalue weighted by molar-refractivity contribution is 7.93. The zero-order valence-corrected chi connectivity index (χ0v) is 23.7. The number of carboxylic acids is 1. The Kier molecular flexibility index (Phi) is 9.48. The molecule has 0 aliphatic rings. The Morgan fingerprint density at radius 3 is 2.30 bits per heavy atom. The summed E-state index contributed by atoms with van der Waals surface area (Å²) in [6.45, 7) is 8.67. The zero-order valence-electron chi connectivity index (χ0n) is 21.3. The number of carbonyl (C=O) groups is 1. The molecular weight excluding hydrogens is 547 g/mol. The Balaban J connectivity index is 2.46. The molecule has 37 heavy (non-hydrogen) atoms. The van der Waals surface area contributed by atoms with Gasteiger partial charge in [0.15, 0.2) is 11.6 Å². The van der Waals surface area contributed by atoms with E-state index in [0.29, 0.717) is 12.0 Å². The van der Waals surface area contributed by atoms with Crippen LogP contribution in [0.25, 0.3) is 0 Å². The molecule has 0 spiro atoms. The lowest BCUT2D eigenvalue weighted by atomic mass is 9.83. The normalized spacial score (nSPS) is 12.4. The quantitative estimate of drug-likeness (QED) is 0.311. The third-order valence-electron chi connectivity index (χ3n) is 5.47. The number of rotatable bonds is 11. The molecular formula is C24H32ClFN2O7S2. The lowest BCUT2D eigenvalue weighted by Gasteiger charge is -2.26. The molecule has 0 unspecified atom stereocenters. The number of benzene rings is 2. The van der Waals surface area contributed by atoms with Gasteiger partial charge in [-0.3, -0.25) is 4.72 Å². The Morgan fingerprint density at radius 2 is 1.76 bits per heavy atom. The van der Waals surface area contributed by atoms with Crippen molar-refractivity contribution in [3.05, 3.63) is 45.7 Å². The van der Waals surface area contributed by atoms with Gasteiger partial charge in [0, 0.05) is 22.6 Å². The van der Waals surface area contributed by atoms with Crippen molar-refractivity contribution in [2.75, 3.05) is 27.7 Å². The van der Waals surface area contributed by atoms with Crippen molar-refractivity contribution in [2.45, 2.75) is 52.9 Å². The number of hydrogen-bond donors (Lipinski definition) is 3. The van der Waals surface area contributed by atoms with Crippen molar-refractivity contribution in [1.29, 1.82) is 0 Å². The van der Waals surface area contributed by atoms with Gasteiger partial charge in [0.25, 0.3) is 0 Å². The van der Waals surface area contributed by atoms with E-state index in [0.717, 1.165) is 12.1 Å². The predicted octanol–water partition coefficient (Wildman–Crippen LogP) is 5.11. The van der Waals surface area contributed by atoms with Crippen molar-refractivity contribution in [1.82, 2.24) is 0 Å². The topological polar surface area (TPSA) is 153 Å². The van der Waals surface area contributed by atoms with Gasteiger partial charge in [-0.25, -0.2) is 26.0 Å². The molecule has 2 aromatic carbocycles. The van der Waals surface area contributed by atoms with Crippen LogP contribution in [0.4, 0.5) is 15.8 Å². The minimum absolute atomic E-state index is 0.0105. The molecule has 0 saturated carbocycles. The molecule has 4 N–H and O–H groups in total. The molecule has 0 aromatic heterocycles. The summed E-state index contributed by atoms with van der Waals surface area (Å²) in [5, 5.41) is 9.22. The first kappa shape index (κ1) is 30.7. The van der Waals surface area contributed by atoms with Gasteiger partial charge in [-0.15, -0.1) is 0 Å². The smallest absolute Gasteiger partial charge is 0.338 e. The molecule has 0 atom stereocenters. The van der Waals surface area contributed by atoms with Gasteiger partial charge >= 0.3 is 5.97 Å². The Morgan fingerprint density at radius 1 is 1.14 bits per heavy atom. The van der Waals surface area contributed by atoms with Gasteiger partial charge in [0.05, 0.1) is 22.8 Å². The van der Waals surface area contributed by atoms with E-state index in [4.69, 9.17) is 22.1 Å². The highest BCUT2D eigenvalue weighted by Crippen LogP contribution is 2.44. The standard InChI is InChI=1S/C24H32ClFN2O7S2/c1-6-10-36(31,32)11-7-12-37(33,34)28-18-9-8-16(26)22(20(18)25)35-21-14(2)19(23(29)30)17(27)13-15(21)24(3,4)5/h8-9,13,28H,6-7,10-12,27H2,1-5H3,(H,29,30). The molecule has 0 saturated heterocycles. The monoisotopic (exact) mass is 578 g/mol. The van der Waals surface area contributed by atoms with E-state index < -0.39 is 53.6 Å². The molecule has 0 aliphatic carbocycles. The van der Waals surface area contributed by atoms with Gasteiger partial charge in [-0.2, -0.15) is 0 Å². The van der Waals surface area contributed by atoms with Crippen LogP contribution in [0.2, 0.25) is 5.02 Å². The molecule has 0 aliphatic heterocycles. The van der Waals surface area contributed by atoms with E-state index in [9.17, 15) is 31.1 Å². The third-order valence-corrected chi connectivity index (χ3v) is 9.15. The first-order valence-corrected chi connectivity index (χ1v) is 15.3. The third kappa shape index (κ3) is 7.71. The summed E-state index contributed by atoms with van der Waals surface area (Å²) in [4.78, 5) is 11.8. The van der Waals surface area contributed by atoms with Crippen molar-refractivity contribution in [3.8, 4) is 11.5 Å². The second kappa shape index (κ2) is 11.4. The number of aromatic carboxylic acids is 1. The average Bonchev–Trinajstić information content (AvgIpc) is 2.72. The first-order chi connectivity index (χ1) is 16.9. The fourth-order valence-electron chi connectivity index (χ4n) is 3.71. The molecule has 0 bridgehead atoms. The van der Waals surface area contributed by atoms with Crippen LogP contribution < -0.4 is 15.2 Å². The number of carboxylic acid groups (broad SMARTS) is 1. The van der Waals surface area contributed by atoms with Gasteiger partial charge < -0.3 is 15.6 Å². The van der Waals surface area contributed by atoms with E-state index in [1.54, 1.807) is 6.92 Å². The molecule has 2 aromatic rings. The maximum absolute atomic E-state index is 14.9. The fraction of sp³-hybridized carbons (Fsp3) is 0.458. The lowest BCUT2D eigenvalue weighted by molar-refractivity contribution is 0.0696. The van der Waals surface area contributed by atoms with E-state index >= 15 is 0 Å². The van der Waals surface area contributed by atoms with Crippen LogP contribution >= 0.6 is 11.6 Å². The number of nitrogens with two attached hydrogens (primary N) is 1. The van der Waals surface area contributed by atoms with E-state index in [1.165, 1.54) is 13.0 Å². The lowest BCUT2D eigenvalue weighted by Crippen LogP contribution is -2.20. The van der Waals surface area contributed by atoms with E-state index in [2.05, 4.69) is 4.72 Å². The summed E-state index contributed by atoms with van der Waals surface area (Å²) >= 11 is 6.34. The molecule has 0 radical (unpaired) electrons. The van der Waals surface area contributed by atoms with Crippen molar-refractivity contribution in [3.63, 3.8) is 0 Å². The fourth-order valence-corrected chi connectivity index (χ4v) is 6.72. The number of halogens is 2. The van der Waals surface area contributed by atoms with Crippen LogP contribution in [0, 0.1) is 12.7 Å². The molecule has 13 heteroatoms. The Bertz CT molecular complexity index is 1400. The maximum Gasteiger partial charge on any atom is 0.338 e. The molecule has 0 fully saturated rings. The van der Waals surface area contributed by atoms with Gasteiger partial charge in [0.1, 0.15) is 20.6 Å². The average molecular weight is 579 g/mol. The minimum atomic E-state index is -4.03. The number of sulfonamides is 1. The largest absolute Gasteiger partial charge is 0.478 e. The van der Waals surface area contributed by atoms with Crippen molar-refractivity contribution >= 4 is 48.8 Å². The van der Waals surface area contributed by atoms with Crippen LogP contribution in [-0.4, -0.2) is 45.2 Å². The number of nitrogens with one attached hydrogen (secondary N) is 1. The highest BCUT2D eigenvalue weighted by atomic mass is 35.5. The summed E-state index contributed by atoms with van der Waals surface area (Å²) in [6.07, 6.45) is 0.303. The van der Waals surface area contributed by atoms with Gasteiger partial charge in [-0.05, 0) is 43.4 Å². The zero-order chi connectivity index (χ0) is 28.3. The summed E-state index contributed by atoms with van der Waals surface area (Å²) in [5.41, 5.74) is 5.62. The van der Waals surface area contributed by atoms with E-state index in [-0.39, 0.29) is 46.2 Å². The number of hydrogen-bond acceptors (Lipinski definition) is 7. The maximum atomic E-state index is 14.9.